The number of hydrogen-bond donors (Lipinski definition) is 1. The van der Waals surface area contributed by atoms with Gasteiger partial charge in [0.1, 0.15) is 30.2 Å². The molecule has 1 heterocycles. The minimum absolute atomic E-state index is 0.0510. The van der Waals surface area contributed by atoms with Crippen LogP contribution in [0.3, 0.4) is 0 Å². The molecule has 292 valence electrons. The van der Waals surface area contributed by atoms with Crippen LogP contribution in [0.15, 0.2) is 91.0 Å². The summed E-state index contributed by atoms with van der Waals surface area (Å²) in [6.07, 6.45) is 12.5. The molecule has 0 spiro atoms. The number of ketones is 1. The summed E-state index contributed by atoms with van der Waals surface area (Å²) in [6, 6.07) is 30.2. The molecule has 1 fully saturated rings. The number of Topliss-reactive ketones (excluding diaryl/α,β-unsaturated/α-hetero) is 1. The summed E-state index contributed by atoms with van der Waals surface area (Å²) in [5.41, 5.74) is 3.12. The maximum atomic E-state index is 12.0. The van der Waals surface area contributed by atoms with E-state index in [4.69, 9.17) is 23.7 Å². The first-order valence-corrected chi connectivity index (χ1v) is 20.4. The molecule has 0 amide bonds. The Kier molecular flexibility index (Phi) is 21.0. The second kappa shape index (κ2) is 26.0. The van der Waals surface area contributed by atoms with Crippen LogP contribution >= 0.6 is 0 Å². The Labute approximate surface area is 319 Å². The van der Waals surface area contributed by atoms with Gasteiger partial charge in [0.2, 0.25) is 0 Å². The van der Waals surface area contributed by atoms with Crippen molar-refractivity contribution in [3.63, 3.8) is 0 Å². The second-order valence-electron chi connectivity index (χ2n) is 14.7. The Morgan fingerprint density at radius 1 is 0.642 bits per heavy atom. The number of ether oxygens (including phenoxy) is 5. The lowest BCUT2D eigenvalue weighted by Crippen LogP contribution is -2.61. The lowest BCUT2D eigenvalue weighted by molar-refractivity contribution is -0.328. The van der Waals surface area contributed by atoms with Gasteiger partial charge in [-0.05, 0) is 42.9 Å². The van der Waals surface area contributed by atoms with Crippen LogP contribution in [0.1, 0.15) is 127 Å². The van der Waals surface area contributed by atoms with Crippen molar-refractivity contribution in [2.75, 3.05) is 6.61 Å². The van der Waals surface area contributed by atoms with E-state index in [9.17, 15) is 9.90 Å². The molecule has 7 nitrogen and oxygen atoms in total. The lowest BCUT2D eigenvalue weighted by Gasteiger charge is -2.45. The number of carbonyl (C=O) groups is 1. The van der Waals surface area contributed by atoms with Crippen LogP contribution in [0.5, 0.6) is 0 Å². The average Bonchev–Trinajstić information content (AvgIpc) is 3.18. The molecule has 0 saturated carbocycles. The summed E-state index contributed by atoms with van der Waals surface area (Å²) in [4.78, 5) is 11.4. The SMILES string of the molecule is CCCCCCCCC[C@H](CCCCCCCC(C)=O)O[C@@H]1O[C@H](COCc2ccccc2)[C@@H](OCc2ccccc2)[C@H](OCc2ccccc2)[C@H]1O. The van der Waals surface area contributed by atoms with Gasteiger partial charge in [0.05, 0.1) is 32.5 Å². The summed E-state index contributed by atoms with van der Waals surface area (Å²) < 4.78 is 32.9. The van der Waals surface area contributed by atoms with Crippen LogP contribution in [-0.4, -0.2) is 54.3 Å². The predicted octanol–water partition coefficient (Wildman–Crippen LogP) is 10.3. The molecular weight excluding hydrogens is 664 g/mol. The van der Waals surface area contributed by atoms with Crippen molar-refractivity contribution in [2.24, 2.45) is 0 Å². The van der Waals surface area contributed by atoms with E-state index < -0.39 is 30.7 Å². The Morgan fingerprint density at radius 2 is 1.11 bits per heavy atom. The topological polar surface area (TPSA) is 83.5 Å². The number of hydrogen-bond acceptors (Lipinski definition) is 7. The highest BCUT2D eigenvalue weighted by atomic mass is 16.7. The van der Waals surface area contributed by atoms with Gasteiger partial charge < -0.3 is 33.6 Å². The van der Waals surface area contributed by atoms with E-state index in [2.05, 4.69) is 6.92 Å². The summed E-state index contributed by atoms with van der Waals surface area (Å²) in [6.45, 7) is 5.28. The van der Waals surface area contributed by atoms with Crippen LogP contribution in [0.4, 0.5) is 0 Å². The lowest BCUT2D eigenvalue weighted by atomic mass is 9.97. The van der Waals surface area contributed by atoms with Gasteiger partial charge in [0, 0.05) is 6.42 Å². The molecule has 1 N–H and O–H groups in total. The number of unbranched alkanes of at least 4 members (excludes halogenated alkanes) is 10. The fourth-order valence-electron chi connectivity index (χ4n) is 7.01. The zero-order valence-corrected chi connectivity index (χ0v) is 32.5. The van der Waals surface area contributed by atoms with Crippen molar-refractivity contribution >= 4 is 5.78 Å². The molecule has 3 aromatic rings. The van der Waals surface area contributed by atoms with Crippen LogP contribution in [0.25, 0.3) is 0 Å². The van der Waals surface area contributed by atoms with Crippen LogP contribution in [0, 0.1) is 0 Å². The van der Waals surface area contributed by atoms with E-state index in [0.29, 0.717) is 26.2 Å². The third-order valence-corrected chi connectivity index (χ3v) is 10.1. The minimum atomic E-state index is -1.06. The smallest absolute Gasteiger partial charge is 0.186 e. The fraction of sp³-hybridized carbons (Fsp3) is 0.587. The number of benzene rings is 3. The Balaban J connectivity index is 1.48. The molecule has 4 rings (SSSR count). The second-order valence-corrected chi connectivity index (χ2v) is 14.7. The van der Waals surface area contributed by atoms with E-state index in [1.54, 1.807) is 6.92 Å². The minimum Gasteiger partial charge on any atom is -0.385 e. The standard InChI is InChI=1S/C46H66O7/c1-3-4-5-6-7-10-22-31-41(32-23-11-8-9-15-24-37(2)47)52-46-43(48)45(51-35-40-29-20-14-21-30-40)44(50-34-39-27-18-13-19-28-39)42(53-46)36-49-33-38-25-16-12-17-26-38/h12-14,16-21,25-30,41-46,48H,3-11,15,22-24,31-36H2,1-2H3/t41-,42-,43-,44-,45-,46-/m1/s1. The molecule has 6 atom stereocenters. The van der Waals surface area contributed by atoms with Gasteiger partial charge in [-0.3, -0.25) is 0 Å². The third-order valence-electron chi connectivity index (χ3n) is 10.1. The van der Waals surface area contributed by atoms with E-state index in [-0.39, 0.29) is 18.5 Å². The normalized spacial score (nSPS) is 20.7. The van der Waals surface area contributed by atoms with Crippen molar-refractivity contribution in [3.8, 4) is 0 Å². The van der Waals surface area contributed by atoms with Gasteiger partial charge in [-0.15, -0.1) is 0 Å². The van der Waals surface area contributed by atoms with Crippen molar-refractivity contribution in [3.05, 3.63) is 108 Å². The molecule has 0 bridgehead atoms. The predicted molar refractivity (Wildman–Crippen MR) is 211 cm³/mol. The first-order valence-electron chi connectivity index (χ1n) is 20.4. The third kappa shape index (κ3) is 17.0. The zero-order valence-electron chi connectivity index (χ0n) is 32.5. The first kappa shape index (κ1) is 42.8. The van der Waals surface area contributed by atoms with Crippen molar-refractivity contribution in [1.82, 2.24) is 0 Å². The maximum Gasteiger partial charge on any atom is 0.186 e. The van der Waals surface area contributed by atoms with E-state index in [1.807, 2.05) is 91.0 Å². The Hall–Kier alpha value is -2.91. The van der Waals surface area contributed by atoms with Crippen LogP contribution < -0.4 is 0 Å². The van der Waals surface area contributed by atoms with E-state index >= 15 is 0 Å². The molecule has 1 aliphatic heterocycles. The largest absolute Gasteiger partial charge is 0.385 e. The molecule has 0 radical (unpaired) electrons. The van der Waals surface area contributed by atoms with Gasteiger partial charge in [0.25, 0.3) is 0 Å². The molecule has 1 aliphatic rings. The molecule has 1 saturated heterocycles. The van der Waals surface area contributed by atoms with Gasteiger partial charge in [-0.1, -0.05) is 169 Å². The summed E-state index contributed by atoms with van der Waals surface area (Å²) in [5.74, 6) is 0.265. The van der Waals surface area contributed by atoms with Gasteiger partial charge in [0.15, 0.2) is 6.29 Å². The molecule has 7 heteroatoms. The van der Waals surface area contributed by atoms with Gasteiger partial charge in [-0.2, -0.15) is 0 Å². The number of aliphatic hydroxyl groups excluding tert-OH is 1. The van der Waals surface area contributed by atoms with Crippen molar-refractivity contribution < 1.29 is 33.6 Å². The van der Waals surface area contributed by atoms with Crippen LogP contribution in [-0.2, 0) is 48.3 Å². The molecule has 0 aromatic heterocycles. The first-order chi connectivity index (χ1) is 26.0. The van der Waals surface area contributed by atoms with E-state index in [1.165, 1.54) is 38.5 Å². The quantitative estimate of drug-likeness (QED) is 0.0745. The monoisotopic (exact) mass is 730 g/mol. The highest BCUT2D eigenvalue weighted by Crippen LogP contribution is 2.31. The van der Waals surface area contributed by atoms with Gasteiger partial charge in [-0.25, -0.2) is 0 Å². The summed E-state index contributed by atoms with van der Waals surface area (Å²) in [7, 11) is 0. The highest BCUT2D eigenvalue weighted by molar-refractivity contribution is 5.75. The average molecular weight is 731 g/mol. The Morgan fingerprint density at radius 3 is 1.64 bits per heavy atom. The highest BCUT2D eigenvalue weighted by Gasteiger charge is 2.48. The molecule has 0 unspecified atom stereocenters. The zero-order chi connectivity index (χ0) is 37.4. The fourth-order valence-corrected chi connectivity index (χ4v) is 7.01. The molecular formula is C46H66O7. The number of aliphatic hydroxyl groups is 1. The summed E-state index contributed by atoms with van der Waals surface area (Å²) in [5, 5.41) is 12.0. The molecule has 53 heavy (non-hydrogen) atoms. The van der Waals surface area contributed by atoms with Crippen LogP contribution in [0.2, 0.25) is 0 Å². The van der Waals surface area contributed by atoms with Crippen molar-refractivity contribution in [2.45, 2.75) is 167 Å². The molecule has 3 aromatic carbocycles. The van der Waals surface area contributed by atoms with Crippen molar-refractivity contribution in [1.29, 1.82) is 0 Å². The van der Waals surface area contributed by atoms with E-state index in [0.717, 1.165) is 68.1 Å². The summed E-state index contributed by atoms with van der Waals surface area (Å²) >= 11 is 0. The van der Waals surface area contributed by atoms with Gasteiger partial charge >= 0.3 is 0 Å². The number of carbonyl (C=O) groups excluding carboxylic acids is 1. The molecule has 0 aliphatic carbocycles. The Bertz CT molecular complexity index is 1340. The number of rotatable bonds is 28. The maximum absolute atomic E-state index is 12.0.